The number of nitrogens with zero attached hydrogens (tertiary/aromatic N) is 4. The maximum Gasteiger partial charge on any atom is 0.208 e. The Kier molecular flexibility index (Phi) is 5.48. The molecule has 0 fully saturated rings. The molecule has 5 aromatic carbocycles. The summed E-state index contributed by atoms with van der Waals surface area (Å²) < 4.78 is 31.6. The quantitative estimate of drug-likeness (QED) is 0.213. The van der Waals surface area contributed by atoms with Crippen molar-refractivity contribution >= 4 is 53.4 Å². The first kappa shape index (κ1) is 25.0. The molecule has 0 aliphatic rings. The van der Waals surface area contributed by atoms with Gasteiger partial charge < -0.3 is 4.57 Å². The predicted octanol–water partition coefficient (Wildman–Crippen LogP) is 7.98. The molecule has 0 radical (unpaired) electrons. The lowest BCUT2D eigenvalue weighted by atomic mass is 10.2. The van der Waals surface area contributed by atoms with Crippen LogP contribution in [-0.4, -0.2) is 22.5 Å². The minimum absolute atomic E-state index is 0.0416. The zero-order chi connectivity index (χ0) is 29.1. The van der Waals surface area contributed by atoms with Crippen LogP contribution in [0.1, 0.15) is 5.56 Å². The third kappa shape index (κ3) is 3.71. The number of nitriles is 1. The maximum atomic E-state index is 13.8. The summed E-state index contributed by atoms with van der Waals surface area (Å²) in [6.45, 7) is 0. The van der Waals surface area contributed by atoms with Gasteiger partial charge in [0.25, 0.3) is 0 Å². The molecular weight excluding hydrogens is 552 g/mol. The van der Waals surface area contributed by atoms with E-state index in [1.54, 1.807) is 24.3 Å². The topological polar surface area (TPSA) is 80.7 Å². The summed E-state index contributed by atoms with van der Waals surface area (Å²) >= 11 is 0. The van der Waals surface area contributed by atoms with Crippen molar-refractivity contribution in [1.82, 2.24) is 14.1 Å². The highest BCUT2D eigenvalue weighted by molar-refractivity contribution is 7.91. The first-order valence-corrected chi connectivity index (χ1v) is 15.3. The summed E-state index contributed by atoms with van der Waals surface area (Å²) in [5.74, 6) is 0.621. The van der Waals surface area contributed by atoms with E-state index in [0.717, 1.165) is 43.6 Å². The molecule has 3 aromatic heterocycles. The summed E-state index contributed by atoms with van der Waals surface area (Å²) in [6, 6.07) is 42.4. The molecule has 0 saturated carbocycles. The number of pyridine rings is 1. The zero-order valence-corrected chi connectivity index (χ0v) is 23.5. The summed E-state index contributed by atoms with van der Waals surface area (Å²) in [6.07, 6.45) is 1.39. The van der Waals surface area contributed by atoms with Crippen LogP contribution in [0.4, 0.5) is 0 Å². The average Bonchev–Trinajstić information content (AvgIpc) is 3.58. The standard InChI is InChI=1S/C36H22N4O2S/c37-22-24-21-25(17-19-31(24)39-32-13-5-1-9-27(32)28-10-2-6-14-33(28)39)43(41,42)26-18-20-36(38-23-26)40-34-15-7-3-11-29(34)30-12-4-8-16-35(30)40/h1-21,23H. The van der Waals surface area contributed by atoms with Gasteiger partial charge in [-0.3, -0.25) is 4.57 Å². The van der Waals surface area contributed by atoms with Crippen LogP contribution in [0, 0.1) is 11.3 Å². The Hall–Kier alpha value is -5.71. The van der Waals surface area contributed by atoms with E-state index in [1.807, 2.05) is 81.9 Å². The van der Waals surface area contributed by atoms with Crippen LogP contribution < -0.4 is 0 Å². The van der Waals surface area contributed by atoms with Crippen molar-refractivity contribution in [1.29, 1.82) is 5.26 Å². The number of benzene rings is 5. The fourth-order valence-electron chi connectivity index (χ4n) is 6.12. The van der Waals surface area contributed by atoms with Gasteiger partial charge in [0.1, 0.15) is 11.9 Å². The van der Waals surface area contributed by atoms with E-state index in [-0.39, 0.29) is 15.4 Å². The SMILES string of the molecule is N#Cc1cc(S(=O)(=O)c2ccc(-n3c4ccccc4c4ccccc43)nc2)ccc1-n1c2ccccc2c2ccccc21. The highest BCUT2D eigenvalue weighted by Crippen LogP contribution is 2.35. The molecule has 43 heavy (non-hydrogen) atoms. The highest BCUT2D eigenvalue weighted by atomic mass is 32.2. The van der Waals surface area contributed by atoms with Gasteiger partial charge in [-0.25, -0.2) is 13.4 Å². The number of hydrogen-bond donors (Lipinski definition) is 0. The van der Waals surface area contributed by atoms with E-state index >= 15 is 0 Å². The summed E-state index contributed by atoms with van der Waals surface area (Å²) in [5, 5.41) is 14.5. The molecule has 0 N–H and O–H groups in total. The first-order chi connectivity index (χ1) is 21.1. The van der Waals surface area contributed by atoms with E-state index in [1.165, 1.54) is 12.3 Å². The Morgan fingerprint density at radius 3 is 1.49 bits per heavy atom. The average molecular weight is 575 g/mol. The van der Waals surface area contributed by atoms with Crippen LogP contribution in [0.3, 0.4) is 0 Å². The fraction of sp³-hybridized carbons (Fsp3) is 0. The molecule has 0 bridgehead atoms. The molecule has 3 heterocycles. The molecule has 8 aromatic rings. The van der Waals surface area contributed by atoms with Gasteiger partial charge in [-0.15, -0.1) is 0 Å². The minimum atomic E-state index is -3.94. The van der Waals surface area contributed by atoms with Gasteiger partial charge in [0, 0.05) is 27.7 Å². The van der Waals surface area contributed by atoms with Gasteiger partial charge in [0.15, 0.2) is 0 Å². The van der Waals surface area contributed by atoms with Crippen molar-refractivity contribution in [3.63, 3.8) is 0 Å². The van der Waals surface area contributed by atoms with E-state index in [0.29, 0.717) is 11.5 Å². The van der Waals surface area contributed by atoms with Crippen LogP contribution in [-0.2, 0) is 9.84 Å². The summed E-state index contributed by atoms with van der Waals surface area (Å²) in [7, 11) is -3.94. The Balaban J connectivity index is 1.22. The molecule has 0 spiro atoms. The van der Waals surface area contributed by atoms with Crippen LogP contribution in [0.2, 0.25) is 0 Å². The minimum Gasteiger partial charge on any atom is -0.308 e. The second kappa shape index (κ2) is 9.41. The molecule has 0 aliphatic carbocycles. The molecule has 0 aliphatic heterocycles. The predicted molar refractivity (Wildman–Crippen MR) is 170 cm³/mol. The lowest BCUT2D eigenvalue weighted by Gasteiger charge is -2.12. The maximum absolute atomic E-state index is 13.8. The third-order valence-corrected chi connectivity index (χ3v) is 9.80. The van der Waals surface area contributed by atoms with Crippen molar-refractivity contribution in [3.05, 3.63) is 139 Å². The molecule has 0 unspecified atom stereocenters. The second-order valence-electron chi connectivity index (χ2n) is 10.4. The monoisotopic (exact) mass is 574 g/mol. The molecular formula is C36H22N4O2S. The Labute approximate surface area is 247 Å². The van der Waals surface area contributed by atoms with Gasteiger partial charge in [0.05, 0.1) is 43.1 Å². The second-order valence-corrected chi connectivity index (χ2v) is 12.3. The van der Waals surface area contributed by atoms with Crippen LogP contribution in [0.5, 0.6) is 0 Å². The highest BCUT2D eigenvalue weighted by Gasteiger charge is 2.22. The summed E-state index contributed by atoms with van der Waals surface area (Å²) in [5.41, 5.74) is 4.76. The fourth-order valence-corrected chi connectivity index (χ4v) is 7.35. The van der Waals surface area contributed by atoms with E-state index in [4.69, 9.17) is 0 Å². The number of rotatable bonds is 4. The number of para-hydroxylation sites is 4. The normalized spacial score (nSPS) is 11.9. The number of sulfone groups is 1. The van der Waals surface area contributed by atoms with Crippen molar-refractivity contribution in [2.45, 2.75) is 9.79 Å². The number of aromatic nitrogens is 3. The number of hydrogen-bond acceptors (Lipinski definition) is 4. The van der Waals surface area contributed by atoms with E-state index in [9.17, 15) is 13.7 Å². The van der Waals surface area contributed by atoms with Gasteiger partial charge in [0.2, 0.25) is 9.84 Å². The van der Waals surface area contributed by atoms with E-state index in [2.05, 4.69) is 35.3 Å². The molecule has 204 valence electrons. The molecule has 7 heteroatoms. The van der Waals surface area contributed by atoms with Crippen molar-refractivity contribution in [3.8, 4) is 17.6 Å². The van der Waals surface area contributed by atoms with Gasteiger partial charge in [-0.2, -0.15) is 5.26 Å². The summed E-state index contributed by atoms with van der Waals surface area (Å²) in [4.78, 5) is 4.70. The van der Waals surface area contributed by atoms with E-state index < -0.39 is 9.84 Å². The van der Waals surface area contributed by atoms with Crippen LogP contribution >= 0.6 is 0 Å². The first-order valence-electron chi connectivity index (χ1n) is 13.8. The molecule has 0 saturated heterocycles. The third-order valence-electron chi connectivity index (χ3n) is 8.06. The number of fused-ring (bicyclic) bond motifs is 6. The Bertz CT molecular complexity index is 2430. The lowest BCUT2D eigenvalue weighted by molar-refractivity contribution is 0.595. The smallest absolute Gasteiger partial charge is 0.208 e. The molecule has 0 atom stereocenters. The Morgan fingerprint density at radius 1 is 0.558 bits per heavy atom. The van der Waals surface area contributed by atoms with Gasteiger partial charge in [-0.1, -0.05) is 72.8 Å². The van der Waals surface area contributed by atoms with Crippen LogP contribution in [0.15, 0.2) is 143 Å². The Morgan fingerprint density at radius 2 is 1.02 bits per heavy atom. The van der Waals surface area contributed by atoms with Gasteiger partial charge in [-0.05, 0) is 54.6 Å². The van der Waals surface area contributed by atoms with Crippen molar-refractivity contribution in [2.24, 2.45) is 0 Å². The zero-order valence-electron chi connectivity index (χ0n) is 22.7. The molecule has 0 amide bonds. The van der Waals surface area contributed by atoms with Gasteiger partial charge >= 0.3 is 0 Å². The largest absolute Gasteiger partial charge is 0.308 e. The van der Waals surface area contributed by atoms with Crippen molar-refractivity contribution in [2.75, 3.05) is 0 Å². The molecule has 8 rings (SSSR count). The van der Waals surface area contributed by atoms with Crippen molar-refractivity contribution < 1.29 is 8.42 Å². The molecule has 6 nitrogen and oxygen atoms in total. The van der Waals surface area contributed by atoms with Crippen LogP contribution in [0.25, 0.3) is 55.1 Å². The lowest BCUT2D eigenvalue weighted by Crippen LogP contribution is -2.06.